The fourth-order valence-corrected chi connectivity index (χ4v) is 2.31. The molecule has 10 heteroatoms. The highest BCUT2D eigenvalue weighted by Crippen LogP contribution is 2.37. The second kappa shape index (κ2) is 7.36. The summed E-state index contributed by atoms with van der Waals surface area (Å²) in [6.07, 6.45) is 0.990. The third-order valence-electron chi connectivity index (χ3n) is 3.26. The Bertz CT molecular complexity index is 1150. The number of benzene rings is 1. The van der Waals surface area contributed by atoms with Crippen LogP contribution in [0.3, 0.4) is 0 Å². The topological polar surface area (TPSA) is 104 Å². The summed E-state index contributed by atoms with van der Waals surface area (Å²) in [7, 11) is -1.72. The summed E-state index contributed by atoms with van der Waals surface area (Å²) in [4.78, 5) is 16.0. The molecular weight excluding hydrogens is 360 g/mol. The molecule has 3 rings (SSSR count). The number of carbonyl (C=O) groups excluding carboxylic acids is 1. The summed E-state index contributed by atoms with van der Waals surface area (Å²) in [5, 5.41) is 14.0. The number of rotatable bonds is 5. The van der Waals surface area contributed by atoms with E-state index < -0.39 is 20.0 Å². The van der Waals surface area contributed by atoms with Gasteiger partial charge in [0.25, 0.3) is 0 Å². The van der Waals surface area contributed by atoms with Gasteiger partial charge in [0.1, 0.15) is 6.33 Å². The molecule has 0 aliphatic rings. The maximum Gasteiger partial charge on any atom is 0.360 e. The number of hydrogen-bond acceptors (Lipinski definition) is 8. The van der Waals surface area contributed by atoms with E-state index in [2.05, 4.69) is 30.3 Å². The minimum absolute atomic E-state index is 0.0484. The number of halogens is 1. The third kappa shape index (κ3) is 3.42. The molecule has 2 aromatic heterocycles. The number of hydrogen-bond donors (Lipinski definition) is 1. The highest BCUT2D eigenvalue weighted by molar-refractivity contribution is 6.29. The number of nitrogens with one attached hydrogen (secondary N) is 1. The average Bonchev–Trinajstić information content (AvgIpc) is 3.18. The Balaban J connectivity index is 2.14. The van der Waals surface area contributed by atoms with Crippen LogP contribution in [0.4, 0.5) is 11.4 Å². The van der Waals surface area contributed by atoms with E-state index in [0.29, 0.717) is 4.68 Å². The molecule has 0 aliphatic carbocycles. The van der Waals surface area contributed by atoms with Crippen LogP contribution in [-0.2, 0) is 11.7 Å². The Kier molecular flexibility index (Phi) is 3.23. The smallest absolute Gasteiger partial charge is 0.360 e. The maximum atomic E-state index is 12.0. The summed E-state index contributed by atoms with van der Waals surface area (Å²) < 4.78 is 55.3. The van der Waals surface area contributed by atoms with Gasteiger partial charge in [-0.2, -0.15) is 5.10 Å². The molecule has 0 atom stereocenters. The number of ether oxygens (including phenoxy) is 2. The fraction of sp³-hybridized carbons (Fsp3) is 0.188. The molecule has 134 valence electrons. The van der Waals surface area contributed by atoms with Crippen LogP contribution >= 0.6 is 11.6 Å². The number of nitrogens with zero attached hydrogens (tertiary/aromatic N) is 5. The first-order valence-corrected chi connectivity index (χ1v) is 7.40. The number of aromatic nitrogens is 5. The van der Waals surface area contributed by atoms with Crippen LogP contribution in [0, 0.1) is 0 Å². The normalized spacial score (nSPS) is 14.8. The van der Waals surface area contributed by atoms with Gasteiger partial charge in [-0.15, -0.1) is 10.2 Å². The van der Waals surface area contributed by atoms with Crippen molar-refractivity contribution in [2.24, 2.45) is 6.98 Å². The number of anilines is 2. The van der Waals surface area contributed by atoms with Crippen LogP contribution in [0.5, 0.6) is 5.75 Å². The van der Waals surface area contributed by atoms with E-state index in [-0.39, 0.29) is 39.4 Å². The Labute approximate surface area is 162 Å². The molecule has 0 saturated heterocycles. The average molecular weight is 381 g/mol. The van der Waals surface area contributed by atoms with E-state index in [1.54, 1.807) is 0 Å². The van der Waals surface area contributed by atoms with Crippen LogP contribution in [0.2, 0.25) is 5.15 Å². The van der Waals surface area contributed by atoms with Crippen molar-refractivity contribution in [1.29, 1.82) is 0 Å². The lowest BCUT2D eigenvalue weighted by molar-refractivity contribution is 0.0594. The molecule has 0 bridgehead atoms. The molecule has 1 N–H and O–H groups in total. The zero-order valence-electron chi connectivity index (χ0n) is 19.2. The molecule has 0 spiro atoms. The van der Waals surface area contributed by atoms with Gasteiger partial charge in [0.05, 0.1) is 35.2 Å². The molecule has 0 aliphatic heterocycles. The monoisotopic (exact) mass is 380 g/mol. The maximum absolute atomic E-state index is 12.0. The van der Waals surface area contributed by atoms with Gasteiger partial charge in [-0.05, 0) is 12.1 Å². The first kappa shape index (κ1) is 11.4. The molecule has 9 nitrogen and oxygen atoms in total. The van der Waals surface area contributed by atoms with E-state index in [1.807, 2.05) is 0 Å². The van der Waals surface area contributed by atoms with Gasteiger partial charge < -0.3 is 14.8 Å². The van der Waals surface area contributed by atoms with Crippen molar-refractivity contribution in [2.75, 3.05) is 19.5 Å². The van der Waals surface area contributed by atoms with Crippen molar-refractivity contribution in [3.63, 3.8) is 0 Å². The molecule has 0 radical (unpaired) electrons. The summed E-state index contributed by atoms with van der Waals surface area (Å²) >= 11 is 5.89. The molecule has 0 saturated carbocycles. The van der Waals surface area contributed by atoms with Crippen molar-refractivity contribution in [3.05, 3.63) is 41.4 Å². The third-order valence-corrected chi connectivity index (χ3v) is 3.45. The summed E-state index contributed by atoms with van der Waals surface area (Å²) in [5.41, 5.74) is 0.0113. The molecular formula is C16H15ClN6O3. The first-order valence-electron chi connectivity index (χ1n) is 10.0. The lowest BCUT2D eigenvalue weighted by Crippen LogP contribution is -2.10. The minimum Gasteiger partial charge on any atom is -0.494 e. The quantitative estimate of drug-likeness (QED) is 0.673. The highest BCUT2D eigenvalue weighted by Gasteiger charge is 2.19. The zero-order valence-corrected chi connectivity index (χ0v) is 14.0. The van der Waals surface area contributed by atoms with E-state index >= 15 is 0 Å². The molecule has 0 fully saturated rings. The Morgan fingerprint density at radius 2 is 2.23 bits per heavy atom. The number of methoxy groups -OCH3 is 2. The highest BCUT2D eigenvalue weighted by atomic mass is 35.5. The predicted octanol–water partition coefficient (Wildman–Crippen LogP) is 2.46. The van der Waals surface area contributed by atoms with Crippen LogP contribution in [0.25, 0.3) is 11.4 Å². The second-order valence-electron chi connectivity index (χ2n) is 4.84. The van der Waals surface area contributed by atoms with Gasteiger partial charge in [-0.3, -0.25) is 4.68 Å². The molecule has 2 heterocycles. The van der Waals surface area contributed by atoms with E-state index in [4.69, 9.17) is 24.6 Å². The summed E-state index contributed by atoms with van der Waals surface area (Å²) in [6, 6.07) is 5.72. The van der Waals surface area contributed by atoms with Crippen molar-refractivity contribution >= 4 is 28.9 Å². The van der Waals surface area contributed by atoms with Crippen molar-refractivity contribution < 1.29 is 22.5 Å². The van der Waals surface area contributed by atoms with Gasteiger partial charge >= 0.3 is 5.97 Å². The van der Waals surface area contributed by atoms with E-state index in [1.165, 1.54) is 24.3 Å². The predicted molar refractivity (Wildman–Crippen MR) is 94.7 cm³/mol. The largest absolute Gasteiger partial charge is 0.494 e. The number of esters is 1. The number of carbonyl (C=O) groups is 1. The molecule has 1 aromatic carbocycles. The molecule has 0 amide bonds. The van der Waals surface area contributed by atoms with Crippen molar-refractivity contribution in [3.8, 4) is 17.1 Å². The molecule has 3 aromatic rings. The lowest BCUT2D eigenvalue weighted by Gasteiger charge is -2.15. The van der Waals surface area contributed by atoms with Crippen LogP contribution < -0.4 is 10.1 Å². The molecule has 0 unspecified atom stereocenters. The van der Waals surface area contributed by atoms with Crippen LogP contribution in [-0.4, -0.2) is 45.1 Å². The van der Waals surface area contributed by atoms with E-state index in [9.17, 15) is 4.79 Å². The Morgan fingerprint density at radius 1 is 1.35 bits per heavy atom. The SMILES string of the molecule is [2H]C([2H])([2H])Oc1c(Nc2cc(Cl)nnc2C(=O)OC)cccc1-c1ncn(C([2H])([2H])[2H])n1. The molecule has 26 heavy (non-hydrogen) atoms. The first-order chi connectivity index (χ1) is 14.9. The van der Waals surface area contributed by atoms with E-state index in [0.717, 1.165) is 13.4 Å². The summed E-state index contributed by atoms with van der Waals surface area (Å²) in [6.45, 7) is -2.58. The van der Waals surface area contributed by atoms with Gasteiger partial charge in [0.2, 0.25) is 0 Å². The standard InChI is InChI=1S/C16H15ClN6O3/c1-23-8-18-15(22-23)9-5-4-6-10(14(9)25-2)19-11-7-12(17)20-21-13(11)16(24)26-3/h4-8H,1-3H3,(H,19,20)/i1D3,2D3. The van der Waals surface area contributed by atoms with Crippen LogP contribution in [0.15, 0.2) is 30.6 Å². The zero-order chi connectivity index (χ0) is 23.7. The number of para-hydroxylation sites is 1. The van der Waals surface area contributed by atoms with Gasteiger partial charge in [-0.25, -0.2) is 9.78 Å². The summed E-state index contributed by atoms with van der Waals surface area (Å²) in [5.74, 6) is -1.13. The van der Waals surface area contributed by atoms with Crippen molar-refractivity contribution in [2.45, 2.75) is 0 Å². The Morgan fingerprint density at radius 3 is 2.96 bits per heavy atom. The van der Waals surface area contributed by atoms with Gasteiger partial charge in [0.15, 0.2) is 22.4 Å². The minimum atomic E-state index is -2.88. The second-order valence-corrected chi connectivity index (χ2v) is 5.23. The lowest BCUT2D eigenvalue weighted by atomic mass is 10.1. The fourth-order valence-electron chi connectivity index (χ4n) is 2.16. The van der Waals surface area contributed by atoms with Crippen molar-refractivity contribution in [1.82, 2.24) is 25.0 Å². The van der Waals surface area contributed by atoms with Gasteiger partial charge in [-0.1, -0.05) is 17.7 Å². The number of aryl methyl sites for hydroxylation is 1. The van der Waals surface area contributed by atoms with Gasteiger partial charge in [0, 0.05) is 17.2 Å². The van der Waals surface area contributed by atoms with Crippen LogP contribution in [0.1, 0.15) is 18.7 Å². The Hall–Kier alpha value is -3.20.